The number of hydrogen-bond donors (Lipinski definition) is 0. The third-order valence-electron chi connectivity index (χ3n) is 7.71. The van der Waals surface area contributed by atoms with Gasteiger partial charge in [0.1, 0.15) is 22.8 Å². The maximum atomic E-state index is 6.48. The molecule has 188 valence electrons. The SMILES string of the molecule is CC(C)(C)c1cccc2c1c1ccc(Oc3ccc4c5cnccc5n5ccnc5c4c3)cc1c1nccn21. The number of imidazole rings is 2. The zero-order valence-corrected chi connectivity index (χ0v) is 21.9. The molecule has 0 aliphatic carbocycles. The molecule has 8 rings (SSSR count). The summed E-state index contributed by atoms with van der Waals surface area (Å²) in [4.78, 5) is 13.7. The van der Waals surface area contributed by atoms with Crippen LogP contribution >= 0.6 is 0 Å². The Bertz CT molecular complexity index is 2250. The third-order valence-corrected chi connectivity index (χ3v) is 7.71. The summed E-state index contributed by atoms with van der Waals surface area (Å²) in [5.74, 6) is 1.52. The van der Waals surface area contributed by atoms with E-state index in [1.807, 2.05) is 49.3 Å². The second-order valence-electron chi connectivity index (χ2n) is 11.1. The van der Waals surface area contributed by atoms with Gasteiger partial charge in [0.15, 0.2) is 0 Å². The van der Waals surface area contributed by atoms with Crippen molar-refractivity contribution in [2.45, 2.75) is 26.2 Å². The van der Waals surface area contributed by atoms with Gasteiger partial charge in [-0.3, -0.25) is 13.8 Å². The number of pyridine rings is 3. The van der Waals surface area contributed by atoms with Crippen molar-refractivity contribution < 1.29 is 4.74 Å². The molecule has 5 aromatic heterocycles. The van der Waals surface area contributed by atoms with Crippen molar-refractivity contribution in [1.29, 1.82) is 0 Å². The van der Waals surface area contributed by atoms with Crippen molar-refractivity contribution in [2.75, 3.05) is 0 Å². The Balaban J connectivity index is 1.32. The van der Waals surface area contributed by atoms with Gasteiger partial charge in [-0.25, -0.2) is 9.97 Å². The molecule has 39 heavy (non-hydrogen) atoms. The highest BCUT2D eigenvalue weighted by molar-refractivity contribution is 6.14. The van der Waals surface area contributed by atoms with Gasteiger partial charge in [0.05, 0.1) is 11.0 Å². The molecule has 0 saturated heterocycles. The molecule has 3 aromatic carbocycles. The summed E-state index contributed by atoms with van der Waals surface area (Å²) in [7, 11) is 0. The highest BCUT2D eigenvalue weighted by atomic mass is 16.5. The van der Waals surface area contributed by atoms with Crippen LogP contribution in [0.2, 0.25) is 0 Å². The van der Waals surface area contributed by atoms with Crippen LogP contribution in [0.5, 0.6) is 11.5 Å². The third kappa shape index (κ3) is 3.18. The van der Waals surface area contributed by atoms with Gasteiger partial charge in [0, 0.05) is 58.7 Å². The summed E-state index contributed by atoms with van der Waals surface area (Å²) in [6, 6.07) is 21.1. The van der Waals surface area contributed by atoms with E-state index in [0.717, 1.165) is 55.4 Å². The number of hydrogen-bond acceptors (Lipinski definition) is 4. The minimum Gasteiger partial charge on any atom is -0.457 e. The van der Waals surface area contributed by atoms with Crippen LogP contribution in [0.15, 0.2) is 97.8 Å². The molecule has 0 atom stereocenters. The van der Waals surface area contributed by atoms with Crippen LogP contribution in [-0.2, 0) is 5.41 Å². The fourth-order valence-electron chi connectivity index (χ4n) is 5.98. The fraction of sp³-hybridized carbons (Fsp3) is 0.121. The maximum Gasteiger partial charge on any atom is 0.145 e. The van der Waals surface area contributed by atoms with Gasteiger partial charge in [-0.05, 0) is 70.3 Å². The van der Waals surface area contributed by atoms with Gasteiger partial charge < -0.3 is 4.74 Å². The lowest BCUT2D eigenvalue weighted by molar-refractivity contribution is 0.484. The predicted octanol–water partition coefficient (Wildman–Crippen LogP) is 8.08. The minimum absolute atomic E-state index is 0.00115. The zero-order valence-electron chi connectivity index (χ0n) is 21.9. The molecule has 0 aliphatic rings. The molecular formula is C33H25N5O. The lowest BCUT2D eigenvalue weighted by atomic mass is 9.83. The van der Waals surface area contributed by atoms with Crippen LogP contribution in [-0.4, -0.2) is 23.8 Å². The summed E-state index contributed by atoms with van der Waals surface area (Å²) in [5, 5.41) is 6.70. The normalized spacial score (nSPS) is 12.5. The first-order valence-corrected chi connectivity index (χ1v) is 13.1. The minimum atomic E-state index is -0.00115. The monoisotopic (exact) mass is 507 g/mol. The van der Waals surface area contributed by atoms with Crippen LogP contribution in [0.1, 0.15) is 26.3 Å². The molecule has 6 nitrogen and oxygen atoms in total. The lowest BCUT2D eigenvalue weighted by Crippen LogP contribution is -2.12. The average Bonchev–Trinajstić information content (AvgIpc) is 3.63. The highest BCUT2D eigenvalue weighted by Gasteiger charge is 2.21. The van der Waals surface area contributed by atoms with Crippen LogP contribution in [0.25, 0.3) is 54.6 Å². The summed E-state index contributed by atoms with van der Waals surface area (Å²) in [6.45, 7) is 6.79. The zero-order chi connectivity index (χ0) is 26.3. The number of rotatable bonds is 2. The molecule has 0 saturated carbocycles. The van der Waals surface area contributed by atoms with E-state index < -0.39 is 0 Å². The van der Waals surface area contributed by atoms with Gasteiger partial charge in [-0.15, -0.1) is 0 Å². The lowest BCUT2D eigenvalue weighted by Gasteiger charge is -2.23. The van der Waals surface area contributed by atoms with E-state index in [1.165, 1.54) is 16.3 Å². The number of aromatic nitrogens is 5. The Morgan fingerprint density at radius 2 is 1.31 bits per heavy atom. The number of ether oxygens (including phenoxy) is 1. The molecule has 0 aliphatic heterocycles. The van der Waals surface area contributed by atoms with Gasteiger partial charge in [-0.2, -0.15) is 0 Å². The first kappa shape index (κ1) is 22.1. The van der Waals surface area contributed by atoms with E-state index in [-0.39, 0.29) is 5.41 Å². The summed E-state index contributed by atoms with van der Waals surface area (Å²) in [6.07, 6.45) is 11.4. The topological polar surface area (TPSA) is 56.7 Å². The summed E-state index contributed by atoms with van der Waals surface area (Å²) >= 11 is 0. The van der Waals surface area contributed by atoms with Crippen molar-refractivity contribution in [3.8, 4) is 11.5 Å². The molecule has 0 bridgehead atoms. The maximum absolute atomic E-state index is 6.48. The van der Waals surface area contributed by atoms with Crippen molar-refractivity contribution in [3.63, 3.8) is 0 Å². The van der Waals surface area contributed by atoms with Crippen molar-refractivity contribution in [1.82, 2.24) is 23.8 Å². The highest BCUT2D eigenvalue weighted by Crippen LogP contribution is 2.39. The molecule has 6 heteroatoms. The summed E-state index contributed by atoms with van der Waals surface area (Å²) in [5.41, 5.74) is 5.38. The van der Waals surface area contributed by atoms with E-state index >= 15 is 0 Å². The van der Waals surface area contributed by atoms with Crippen LogP contribution in [0, 0.1) is 0 Å². The molecule has 0 unspecified atom stereocenters. The van der Waals surface area contributed by atoms with Gasteiger partial charge in [0.2, 0.25) is 0 Å². The Kier molecular flexibility index (Phi) is 4.39. The molecule has 0 amide bonds. The largest absolute Gasteiger partial charge is 0.457 e. The molecular weight excluding hydrogens is 482 g/mol. The Morgan fingerprint density at radius 3 is 2.03 bits per heavy atom. The fourth-order valence-corrected chi connectivity index (χ4v) is 5.98. The van der Waals surface area contributed by atoms with E-state index in [1.54, 1.807) is 0 Å². The first-order chi connectivity index (χ1) is 19.0. The molecule has 0 spiro atoms. The van der Waals surface area contributed by atoms with E-state index in [0.29, 0.717) is 0 Å². The molecule has 0 N–H and O–H groups in total. The van der Waals surface area contributed by atoms with Crippen molar-refractivity contribution in [2.24, 2.45) is 0 Å². The molecule has 8 aromatic rings. The number of benzene rings is 3. The molecule has 0 fully saturated rings. The quantitative estimate of drug-likeness (QED) is 0.222. The predicted molar refractivity (Wildman–Crippen MR) is 157 cm³/mol. The Morgan fingerprint density at radius 1 is 0.641 bits per heavy atom. The van der Waals surface area contributed by atoms with Crippen LogP contribution in [0.4, 0.5) is 0 Å². The van der Waals surface area contributed by atoms with Gasteiger partial charge in [0.25, 0.3) is 0 Å². The first-order valence-electron chi connectivity index (χ1n) is 13.1. The molecule has 0 radical (unpaired) electrons. The van der Waals surface area contributed by atoms with E-state index in [2.05, 4.69) is 88.1 Å². The van der Waals surface area contributed by atoms with Gasteiger partial charge >= 0.3 is 0 Å². The Labute approximate surface area is 224 Å². The van der Waals surface area contributed by atoms with Crippen molar-refractivity contribution in [3.05, 3.63) is 103 Å². The second kappa shape index (κ2) is 7.77. The standard InChI is InChI=1S/C33H25N5O/c1-33(2,3)27-5-4-6-29-30(27)23-10-8-21(18-25(23)32-36-14-16-38(29)32)39-20-7-9-22-24(17-20)31-35-13-15-37(31)28-11-12-34-19-26(22)28/h4-19H,1-3H3. The summed E-state index contributed by atoms with van der Waals surface area (Å²) < 4.78 is 10.8. The number of fused-ring (bicyclic) bond motifs is 12. The second-order valence-corrected chi connectivity index (χ2v) is 11.1. The number of nitrogens with zero attached hydrogens (tertiary/aromatic N) is 5. The van der Waals surface area contributed by atoms with Crippen LogP contribution < -0.4 is 4.74 Å². The van der Waals surface area contributed by atoms with E-state index in [9.17, 15) is 0 Å². The van der Waals surface area contributed by atoms with Crippen LogP contribution in [0.3, 0.4) is 0 Å². The molecule has 5 heterocycles. The Hall–Kier alpha value is -4.97. The van der Waals surface area contributed by atoms with Crippen molar-refractivity contribution >= 4 is 54.6 Å². The van der Waals surface area contributed by atoms with Gasteiger partial charge in [-0.1, -0.05) is 32.9 Å². The smallest absolute Gasteiger partial charge is 0.145 e. The van der Waals surface area contributed by atoms with E-state index in [4.69, 9.17) is 9.72 Å². The average molecular weight is 508 g/mol.